The molecule has 1 fully saturated rings. The van der Waals surface area contributed by atoms with Gasteiger partial charge in [0.05, 0.1) is 0 Å². The second-order valence-electron chi connectivity index (χ2n) is 6.82. The highest BCUT2D eigenvalue weighted by Gasteiger charge is 2.40. The zero-order valence-corrected chi connectivity index (χ0v) is 17.8. The van der Waals surface area contributed by atoms with E-state index in [1.165, 1.54) is 34.1 Å². The number of carbonyl (C=O) groups is 3. The van der Waals surface area contributed by atoms with E-state index in [0.29, 0.717) is 25.1 Å². The van der Waals surface area contributed by atoms with E-state index < -0.39 is 23.8 Å². The van der Waals surface area contributed by atoms with E-state index in [1.54, 1.807) is 24.3 Å². The zero-order chi connectivity index (χ0) is 21.7. The minimum atomic E-state index is -1.13. The van der Waals surface area contributed by atoms with Gasteiger partial charge in [-0.1, -0.05) is 22.0 Å². The minimum Gasteiger partial charge on any atom is -0.351 e. The fourth-order valence-corrected chi connectivity index (χ4v) is 3.76. The topological polar surface area (TPSA) is 95.7 Å². The van der Waals surface area contributed by atoms with Gasteiger partial charge >= 0.3 is 0 Å². The van der Waals surface area contributed by atoms with Gasteiger partial charge in [-0.15, -0.1) is 0 Å². The lowest BCUT2D eigenvalue weighted by atomic mass is 10.1. The first-order valence-electron chi connectivity index (χ1n) is 9.53. The molecule has 1 unspecified atom stereocenters. The van der Waals surface area contributed by atoms with Gasteiger partial charge in [-0.2, -0.15) is 0 Å². The number of hydrogen-bond acceptors (Lipinski definition) is 4. The van der Waals surface area contributed by atoms with E-state index in [0.717, 1.165) is 4.47 Å². The number of carbonyl (C=O) groups excluding carboxylic acids is 3. The molecule has 1 aliphatic rings. The monoisotopic (exact) mass is 476 g/mol. The van der Waals surface area contributed by atoms with Gasteiger partial charge in [0.2, 0.25) is 0 Å². The third-order valence-electron chi connectivity index (χ3n) is 4.75. The fraction of sp³-hybridized carbons (Fsp3) is 0.286. The van der Waals surface area contributed by atoms with Crippen LogP contribution in [0.3, 0.4) is 0 Å². The summed E-state index contributed by atoms with van der Waals surface area (Å²) in [6.07, 6.45) is -0.623. The Morgan fingerprint density at radius 3 is 2.27 bits per heavy atom. The summed E-state index contributed by atoms with van der Waals surface area (Å²) in [7, 11) is 0. The van der Waals surface area contributed by atoms with Gasteiger partial charge in [0.25, 0.3) is 17.7 Å². The van der Waals surface area contributed by atoms with E-state index in [1.807, 2.05) is 0 Å². The van der Waals surface area contributed by atoms with Gasteiger partial charge in [-0.05, 0) is 48.9 Å². The SMILES string of the molecule is NCCNC(=O)C1N(C(=O)c2ccc(F)cc2)CCCN1C(=O)c1cccc(Br)c1. The van der Waals surface area contributed by atoms with Gasteiger partial charge in [0, 0.05) is 41.8 Å². The Morgan fingerprint density at radius 2 is 1.67 bits per heavy atom. The van der Waals surface area contributed by atoms with Crippen LogP contribution in [-0.2, 0) is 4.79 Å². The lowest BCUT2D eigenvalue weighted by Gasteiger charge is -2.42. The molecule has 3 rings (SSSR count). The van der Waals surface area contributed by atoms with Crippen LogP contribution in [0.5, 0.6) is 0 Å². The van der Waals surface area contributed by atoms with Crippen LogP contribution < -0.4 is 11.1 Å². The molecule has 2 aromatic carbocycles. The van der Waals surface area contributed by atoms with E-state index in [4.69, 9.17) is 5.73 Å². The van der Waals surface area contributed by atoms with Crippen molar-refractivity contribution in [3.8, 4) is 0 Å². The highest BCUT2D eigenvalue weighted by molar-refractivity contribution is 9.10. The molecule has 0 aliphatic carbocycles. The first-order chi connectivity index (χ1) is 14.4. The molecule has 0 saturated carbocycles. The maximum atomic E-state index is 13.3. The quantitative estimate of drug-likeness (QED) is 0.689. The second-order valence-corrected chi connectivity index (χ2v) is 7.74. The molecule has 3 N–H and O–H groups in total. The number of nitrogens with zero attached hydrogens (tertiary/aromatic N) is 2. The molecule has 1 saturated heterocycles. The molecular weight excluding hydrogens is 455 g/mol. The molecule has 0 spiro atoms. The summed E-state index contributed by atoms with van der Waals surface area (Å²) in [4.78, 5) is 42.0. The summed E-state index contributed by atoms with van der Waals surface area (Å²) in [6, 6.07) is 11.9. The first-order valence-corrected chi connectivity index (χ1v) is 10.3. The van der Waals surface area contributed by atoms with Crippen LogP contribution in [0.1, 0.15) is 27.1 Å². The van der Waals surface area contributed by atoms with E-state index in [2.05, 4.69) is 21.2 Å². The Hall–Kier alpha value is -2.78. The summed E-state index contributed by atoms with van der Waals surface area (Å²) in [6.45, 7) is 1.05. The average molecular weight is 477 g/mol. The number of nitrogens with one attached hydrogen (secondary N) is 1. The molecule has 9 heteroatoms. The summed E-state index contributed by atoms with van der Waals surface area (Å²) in [5.74, 6) is -1.76. The van der Waals surface area contributed by atoms with Crippen molar-refractivity contribution in [2.24, 2.45) is 5.73 Å². The summed E-state index contributed by atoms with van der Waals surface area (Å²) in [5, 5.41) is 2.67. The highest BCUT2D eigenvalue weighted by atomic mass is 79.9. The Bertz CT molecular complexity index is 938. The first kappa shape index (κ1) is 21.9. The molecule has 1 atom stereocenters. The van der Waals surface area contributed by atoms with Crippen LogP contribution in [0, 0.1) is 5.82 Å². The largest absolute Gasteiger partial charge is 0.351 e. The van der Waals surface area contributed by atoms with Crippen molar-refractivity contribution < 1.29 is 18.8 Å². The Labute approximate surface area is 182 Å². The molecule has 1 heterocycles. The smallest absolute Gasteiger partial charge is 0.263 e. The maximum absolute atomic E-state index is 13.3. The molecule has 0 bridgehead atoms. The molecule has 158 valence electrons. The van der Waals surface area contributed by atoms with Crippen molar-refractivity contribution in [1.29, 1.82) is 0 Å². The van der Waals surface area contributed by atoms with Crippen molar-refractivity contribution in [3.63, 3.8) is 0 Å². The standard InChI is InChI=1S/C21H22BrFN4O3/c22-16-4-1-3-15(13-16)21(30)27-12-2-11-26(19(27)18(28)25-10-9-24)20(29)14-5-7-17(23)8-6-14/h1,3-8,13,19H,2,9-12,24H2,(H,25,28). The van der Waals surface area contributed by atoms with Gasteiger partial charge < -0.3 is 20.9 Å². The van der Waals surface area contributed by atoms with Crippen LogP contribution in [-0.4, -0.2) is 59.9 Å². The summed E-state index contributed by atoms with van der Waals surface area (Å²) in [5.41, 5.74) is 6.13. The van der Waals surface area contributed by atoms with E-state index >= 15 is 0 Å². The van der Waals surface area contributed by atoms with Crippen molar-refractivity contribution in [3.05, 3.63) is 69.9 Å². The van der Waals surface area contributed by atoms with Crippen LogP contribution in [0.25, 0.3) is 0 Å². The van der Waals surface area contributed by atoms with Crippen LogP contribution in [0.4, 0.5) is 4.39 Å². The van der Waals surface area contributed by atoms with Crippen LogP contribution >= 0.6 is 15.9 Å². The lowest BCUT2D eigenvalue weighted by Crippen LogP contribution is -2.63. The van der Waals surface area contributed by atoms with Crippen LogP contribution in [0.15, 0.2) is 53.0 Å². The predicted molar refractivity (Wildman–Crippen MR) is 113 cm³/mol. The average Bonchev–Trinajstić information content (AvgIpc) is 2.76. The Balaban J connectivity index is 1.94. The number of halogens is 2. The Morgan fingerprint density at radius 1 is 1.03 bits per heavy atom. The number of rotatable bonds is 5. The Kier molecular flexibility index (Phi) is 7.17. The molecule has 2 aromatic rings. The normalized spacial score (nSPS) is 16.3. The van der Waals surface area contributed by atoms with Gasteiger partial charge in [-0.3, -0.25) is 14.4 Å². The number of hydrogen-bond donors (Lipinski definition) is 2. The lowest BCUT2D eigenvalue weighted by molar-refractivity contribution is -0.132. The molecule has 0 aromatic heterocycles. The zero-order valence-electron chi connectivity index (χ0n) is 16.2. The van der Waals surface area contributed by atoms with Crippen molar-refractivity contribution in [1.82, 2.24) is 15.1 Å². The number of benzene rings is 2. The number of nitrogens with two attached hydrogens (primary N) is 1. The van der Waals surface area contributed by atoms with Crippen molar-refractivity contribution >= 4 is 33.7 Å². The molecular formula is C21H22BrFN4O3. The van der Waals surface area contributed by atoms with E-state index in [-0.39, 0.29) is 24.6 Å². The highest BCUT2D eigenvalue weighted by Crippen LogP contribution is 2.22. The molecule has 1 aliphatic heterocycles. The fourth-order valence-electron chi connectivity index (χ4n) is 3.36. The van der Waals surface area contributed by atoms with Crippen molar-refractivity contribution in [2.45, 2.75) is 12.6 Å². The third kappa shape index (κ3) is 4.85. The van der Waals surface area contributed by atoms with Gasteiger partial charge in [-0.25, -0.2) is 4.39 Å². The number of amides is 3. The van der Waals surface area contributed by atoms with E-state index in [9.17, 15) is 18.8 Å². The molecule has 0 radical (unpaired) electrons. The molecule has 30 heavy (non-hydrogen) atoms. The van der Waals surface area contributed by atoms with Gasteiger partial charge in [0.1, 0.15) is 5.82 Å². The summed E-state index contributed by atoms with van der Waals surface area (Å²) < 4.78 is 14.0. The molecule has 3 amide bonds. The van der Waals surface area contributed by atoms with Gasteiger partial charge in [0.15, 0.2) is 6.17 Å². The maximum Gasteiger partial charge on any atom is 0.263 e. The third-order valence-corrected chi connectivity index (χ3v) is 5.24. The second kappa shape index (κ2) is 9.82. The predicted octanol–water partition coefficient (Wildman–Crippen LogP) is 1.98. The minimum absolute atomic E-state index is 0.215. The van der Waals surface area contributed by atoms with Crippen LogP contribution in [0.2, 0.25) is 0 Å². The van der Waals surface area contributed by atoms with Crippen molar-refractivity contribution in [2.75, 3.05) is 26.2 Å². The molecule has 7 nitrogen and oxygen atoms in total. The summed E-state index contributed by atoms with van der Waals surface area (Å²) >= 11 is 3.35.